The number of carbonyl (C=O) groups excluding carboxylic acids is 2. The molecule has 2 atom stereocenters. The maximum Gasteiger partial charge on any atom is 0.407 e. The van der Waals surface area contributed by atoms with Crippen molar-refractivity contribution in [1.29, 1.82) is 0 Å². The third-order valence-electron chi connectivity index (χ3n) is 6.14. The van der Waals surface area contributed by atoms with Gasteiger partial charge in [-0.2, -0.15) is 8.42 Å². The summed E-state index contributed by atoms with van der Waals surface area (Å²) in [5.74, 6) is 0.292. The van der Waals surface area contributed by atoms with Gasteiger partial charge < -0.3 is 24.4 Å². The van der Waals surface area contributed by atoms with Gasteiger partial charge in [-0.3, -0.25) is 8.98 Å². The van der Waals surface area contributed by atoms with E-state index < -0.39 is 39.7 Å². The second-order valence-electron chi connectivity index (χ2n) is 11.2. The van der Waals surface area contributed by atoms with E-state index in [0.717, 1.165) is 11.8 Å². The van der Waals surface area contributed by atoms with E-state index in [-0.39, 0.29) is 12.5 Å². The second kappa shape index (κ2) is 13.0. The zero-order chi connectivity index (χ0) is 29.6. The summed E-state index contributed by atoms with van der Waals surface area (Å²) in [6.07, 6.45) is 0.895. The van der Waals surface area contributed by atoms with Gasteiger partial charge in [-0.1, -0.05) is 30.3 Å². The minimum absolute atomic E-state index is 0.254. The largest absolute Gasteiger partial charge is 0.489 e. The third kappa shape index (κ3) is 9.50. The fraction of sp³-hybridized carbons (Fsp3) is 0.517. The monoisotopic (exact) mass is 576 g/mol. The maximum atomic E-state index is 13.7. The number of rotatable bonds is 11. The van der Waals surface area contributed by atoms with Gasteiger partial charge in [-0.05, 0) is 77.3 Å². The highest BCUT2D eigenvalue weighted by Gasteiger charge is 2.50. The van der Waals surface area contributed by atoms with Crippen molar-refractivity contribution in [2.24, 2.45) is 0 Å². The molecule has 2 aromatic rings. The number of carbonyl (C=O) groups is 2. The summed E-state index contributed by atoms with van der Waals surface area (Å²) in [6.45, 7) is 9.34. The number of amides is 2. The molecule has 0 radical (unpaired) electrons. The van der Waals surface area contributed by atoms with Crippen LogP contribution in [0.15, 0.2) is 54.6 Å². The first-order valence-corrected chi connectivity index (χ1v) is 15.1. The molecule has 220 valence electrons. The van der Waals surface area contributed by atoms with Gasteiger partial charge in [0.05, 0.1) is 25.0 Å². The molecular formula is C29H40N2O8S. The van der Waals surface area contributed by atoms with Crippen LogP contribution >= 0.6 is 0 Å². The Bertz CT molecular complexity index is 1240. The number of nitrogens with zero attached hydrogens (tertiary/aromatic N) is 1. The minimum atomic E-state index is -3.76. The molecule has 0 aromatic heterocycles. The van der Waals surface area contributed by atoms with Gasteiger partial charge in [0.1, 0.15) is 23.7 Å². The summed E-state index contributed by atoms with van der Waals surface area (Å²) in [6, 6.07) is 15.9. The Hall–Kier alpha value is -3.15. The lowest BCUT2D eigenvalue weighted by atomic mass is 10.0. The average Bonchev–Trinajstić information content (AvgIpc) is 3.12. The third-order valence-corrected chi connectivity index (χ3v) is 6.70. The van der Waals surface area contributed by atoms with E-state index in [2.05, 4.69) is 5.32 Å². The molecule has 40 heavy (non-hydrogen) atoms. The number of alkyl carbamates (subject to hydrolysis) is 1. The summed E-state index contributed by atoms with van der Waals surface area (Å²) in [5.41, 5.74) is -0.210. The number of benzene rings is 2. The van der Waals surface area contributed by atoms with E-state index >= 15 is 0 Å². The fourth-order valence-electron chi connectivity index (χ4n) is 4.47. The van der Waals surface area contributed by atoms with Crippen LogP contribution < -0.4 is 10.1 Å². The predicted molar refractivity (Wildman–Crippen MR) is 150 cm³/mol. The van der Waals surface area contributed by atoms with E-state index in [0.29, 0.717) is 37.3 Å². The predicted octanol–water partition coefficient (Wildman–Crippen LogP) is 4.49. The summed E-state index contributed by atoms with van der Waals surface area (Å²) >= 11 is 0. The van der Waals surface area contributed by atoms with Crippen LogP contribution in [0.25, 0.3) is 0 Å². The van der Waals surface area contributed by atoms with Crippen molar-refractivity contribution in [3.63, 3.8) is 0 Å². The zero-order valence-electron chi connectivity index (χ0n) is 24.0. The van der Waals surface area contributed by atoms with E-state index in [1.165, 1.54) is 4.90 Å². The lowest BCUT2D eigenvalue weighted by Gasteiger charge is -2.33. The standard InChI is InChI=1S/C29H40N2O8S/c1-28(2,3)39-27(33)30-18-10-13-25-24(20-37-40(6,34)35)31(29(4,5)38-25)26(32)22-14-16-23(17-15-22)36-19-21-11-8-7-9-12-21/h7-9,11-12,14-17,24-25H,10,13,18-20H2,1-6H3,(H,30,33)/t24-,25-/m1/s1. The Morgan fingerprint density at radius 1 is 1.05 bits per heavy atom. The van der Waals surface area contributed by atoms with Gasteiger partial charge in [0.15, 0.2) is 0 Å². The van der Waals surface area contributed by atoms with Crippen LogP contribution in [-0.2, 0) is 30.4 Å². The summed E-state index contributed by atoms with van der Waals surface area (Å²) in [7, 11) is -3.76. The van der Waals surface area contributed by atoms with Gasteiger partial charge >= 0.3 is 6.09 Å². The molecule has 3 rings (SSSR count). The topological polar surface area (TPSA) is 120 Å². The second-order valence-corrected chi connectivity index (χ2v) is 12.8. The molecule has 2 aromatic carbocycles. The molecule has 0 aliphatic carbocycles. The van der Waals surface area contributed by atoms with E-state index in [1.54, 1.807) is 58.9 Å². The van der Waals surface area contributed by atoms with Crippen LogP contribution in [0.2, 0.25) is 0 Å². The molecule has 0 bridgehead atoms. The first kappa shape index (κ1) is 31.4. The number of nitrogens with one attached hydrogen (secondary N) is 1. The number of ether oxygens (including phenoxy) is 3. The van der Waals surface area contributed by atoms with Crippen LogP contribution in [0, 0.1) is 0 Å². The molecule has 2 amide bonds. The molecule has 1 aliphatic rings. The Morgan fingerprint density at radius 3 is 2.30 bits per heavy atom. The highest BCUT2D eigenvalue weighted by atomic mass is 32.2. The first-order chi connectivity index (χ1) is 18.6. The average molecular weight is 577 g/mol. The number of hydrogen-bond donors (Lipinski definition) is 1. The lowest BCUT2D eigenvalue weighted by Crippen LogP contribution is -2.50. The normalized spacial score (nSPS) is 18.8. The maximum absolute atomic E-state index is 13.7. The van der Waals surface area contributed by atoms with E-state index in [9.17, 15) is 18.0 Å². The quantitative estimate of drug-likeness (QED) is 0.307. The van der Waals surface area contributed by atoms with Gasteiger partial charge in [0.2, 0.25) is 0 Å². The molecule has 0 unspecified atom stereocenters. The van der Waals surface area contributed by atoms with Crippen molar-refractivity contribution in [3.05, 3.63) is 65.7 Å². The number of hydrogen-bond acceptors (Lipinski definition) is 8. The SMILES string of the molecule is CC(C)(C)OC(=O)NCCC[C@H]1OC(C)(C)N(C(=O)c2ccc(OCc3ccccc3)cc2)[C@@H]1COS(C)(=O)=O. The zero-order valence-corrected chi connectivity index (χ0v) is 24.8. The Labute approximate surface area is 237 Å². The van der Waals surface area contributed by atoms with Gasteiger partial charge in [-0.25, -0.2) is 4.79 Å². The summed E-state index contributed by atoms with van der Waals surface area (Å²) < 4.78 is 46.1. The molecule has 10 nitrogen and oxygen atoms in total. The minimum Gasteiger partial charge on any atom is -0.489 e. The smallest absolute Gasteiger partial charge is 0.407 e. The van der Waals surface area contributed by atoms with Crippen LogP contribution in [0.3, 0.4) is 0 Å². The molecular weight excluding hydrogens is 536 g/mol. The van der Waals surface area contributed by atoms with Crippen molar-refractivity contribution in [2.75, 3.05) is 19.4 Å². The Kier molecular flexibility index (Phi) is 10.2. The molecule has 11 heteroatoms. The molecule has 1 N–H and O–H groups in total. The van der Waals surface area contributed by atoms with Gasteiger partial charge in [0, 0.05) is 12.1 Å². The summed E-state index contributed by atoms with van der Waals surface area (Å²) in [5, 5.41) is 2.70. The Morgan fingerprint density at radius 2 is 1.70 bits per heavy atom. The van der Waals surface area contributed by atoms with Crippen molar-refractivity contribution in [1.82, 2.24) is 10.2 Å². The van der Waals surface area contributed by atoms with Crippen molar-refractivity contribution in [3.8, 4) is 5.75 Å². The van der Waals surface area contributed by atoms with Crippen LogP contribution in [-0.4, -0.2) is 68.2 Å². The molecule has 1 aliphatic heterocycles. The van der Waals surface area contributed by atoms with Crippen molar-refractivity contribution < 1.29 is 36.4 Å². The molecule has 1 saturated heterocycles. The lowest BCUT2D eigenvalue weighted by molar-refractivity contribution is -0.0662. The van der Waals surface area contributed by atoms with E-state index in [4.69, 9.17) is 18.4 Å². The summed E-state index contributed by atoms with van der Waals surface area (Å²) in [4.78, 5) is 27.2. The highest BCUT2D eigenvalue weighted by Crippen LogP contribution is 2.36. The molecule has 0 spiro atoms. The van der Waals surface area contributed by atoms with Gasteiger partial charge in [0.25, 0.3) is 16.0 Å². The molecule has 1 fully saturated rings. The van der Waals surface area contributed by atoms with E-state index in [1.807, 2.05) is 30.3 Å². The first-order valence-electron chi connectivity index (χ1n) is 13.2. The van der Waals surface area contributed by atoms with Crippen LogP contribution in [0.4, 0.5) is 4.79 Å². The van der Waals surface area contributed by atoms with Crippen LogP contribution in [0.5, 0.6) is 5.75 Å². The van der Waals surface area contributed by atoms with Crippen molar-refractivity contribution >= 4 is 22.1 Å². The molecule has 0 saturated carbocycles. The molecule has 1 heterocycles. The van der Waals surface area contributed by atoms with Crippen LogP contribution in [0.1, 0.15) is 63.4 Å². The van der Waals surface area contributed by atoms with Gasteiger partial charge in [-0.15, -0.1) is 0 Å². The highest BCUT2D eigenvalue weighted by molar-refractivity contribution is 7.85. The Balaban J connectivity index is 1.69. The fourth-order valence-corrected chi connectivity index (χ4v) is 4.86. The van der Waals surface area contributed by atoms with Crippen molar-refractivity contribution in [2.45, 2.75) is 77.5 Å².